The van der Waals surface area contributed by atoms with Gasteiger partial charge in [0.05, 0.1) is 0 Å². The second-order valence-corrected chi connectivity index (χ2v) is 11.6. The molecule has 2 aliphatic rings. The molecule has 0 saturated heterocycles. The number of amides is 2. The molecule has 6 aromatic rings. The first kappa shape index (κ1) is 27.4. The third-order valence-electron chi connectivity index (χ3n) is 9.06. The van der Waals surface area contributed by atoms with Crippen LogP contribution in [0.15, 0.2) is 158 Å². The zero-order chi connectivity index (χ0) is 31.1. The molecule has 0 radical (unpaired) electrons. The molecule has 4 N–H and O–H groups in total. The summed E-state index contributed by atoms with van der Waals surface area (Å²) < 4.78 is 0. The highest BCUT2D eigenvalue weighted by molar-refractivity contribution is 6.05. The SMILES string of the molecule is O=C(Nc1ccc2c(c1)N[C@]1(c3ccccc3)c3cc(NC(=O)c4ccccc4)ccc3N[C@@]21c1ccccc1)c1ccccc1. The lowest BCUT2D eigenvalue weighted by Crippen LogP contribution is -2.51. The summed E-state index contributed by atoms with van der Waals surface area (Å²) in [6.07, 6.45) is 0. The molecule has 0 fully saturated rings. The molecule has 6 aromatic carbocycles. The van der Waals surface area contributed by atoms with Crippen LogP contribution in [0.2, 0.25) is 0 Å². The van der Waals surface area contributed by atoms with Crippen molar-refractivity contribution in [3.63, 3.8) is 0 Å². The van der Waals surface area contributed by atoms with Gasteiger partial charge in [0.25, 0.3) is 11.8 Å². The third kappa shape index (κ3) is 4.19. The minimum atomic E-state index is -0.803. The van der Waals surface area contributed by atoms with Gasteiger partial charge >= 0.3 is 0 Å². The van der Waals surface area contributed by atoms with Crippen LogP contribution in [0, 0.1) is 0 Å². The lowest BCUT2D eigenvalue weighted by atomic mass is 9.66. The Morgan fingerprint density at radius 3 is 1.41 bits per heavy atom. The van der Waals surface area contributed by atoms with Crippen molar-refractivity contribution in [3.8, 4) is 0 Å². The van der Waals surface area contributed by atoms with E-state index in [0.717, 1.165) is 33.6 Å². The van der Waals surface area contributed by atoms with E-state index in [-0.39, 0.29) is 11.8 Å². The summed E-state index contributed by atoms with van der Waals surface area (Å²) in [5, 5.41) is 14.1. The lowest BCUT2D eigenvalue weighted by Gasteiger charge is -2.42. The van der Waals surface area contributed by atoms with Crippen LogP contribution in [0.3, 0.4) is 0 Å². The first-order valence-electron chi connectivity index (χ1n) is 15.3. The second kappa shape index (κ2) is 10.8. The molecule has 0 spiro atoms. The van der Waals surface area contributed by atoms with Gasteiger partial charge in [-0.25, -0.2) is 0 Å². The van der Waals surface area contributed by atoms with Crippen LogP contribution in [0.5, 0.6) is 0 Å². The summed E-state index contributed by atoms with van der Waals surface area (Å²) in [5.41, 5.74) is 7.06. The van der Waals surface area contributed by atoms with Crippen LogP contribution >= 0.6 is 0 Å². The smallest absolute Gasteiger partial charge is 0.255 e. The van der Waals surface area contributed by atoms with Crippen molar-refractivity contribution in [3.05, 3.63) is 191 Å². The van der Waals surface area contributed by atoms with Crippen molar-refractivity contribution in [1.82, 2.24) is 0 Å². The van der Waals surface area contributed by atoms with E-state index in [1.807, 2.05) is 72.8 Å². The lowest BCUT2D eigenvalue weighted by molar-refractivity contribution is 0.101. The number of carbonyl (C=O) groups excluding carboxylic acids is 2. The summed E-state index contributed by atoms with van der Waals surface area (Å²) in [6.45, 7) is 0. The Hall–Kier alpha value is -6.14. The van der Waals surface area contributed by atoms with Crippen LogP contribution in [-0.2, 0) is 11.1 Å². The van der Waals surface area contributed by atoms with E-state index < -0.39 is 11.1 Å². The molecule has 6 nitrogen and oxygen atoms in total. The van der Waals surface area contributed by atoms with Crippen LogP contribution < -0.4 is 21.3 Å². The predicted octanol–water partition coefficient (Wildman–Crippen LogP) is 8.23. The highest BCUT2D eigenvalue weighted by Crippen LogP contribution is 2.64. The molecule has 222 valence electrons. The van der Waals surface area contributed by atoms with Gasteiger partial charge in [0.1, 0.15) is 11.1 Å². The van der Waals surface area contributed by atoms with Gasteiger partial charge in [-0.15, -0.1) is 0 Å². The van der Waals surface area contributed by atoms with E-state index in [1.165, 1.54) is 0 Å². The zero-order valence-corrected chi connectivity index (χ0v) is 24.8. The Morgan fingerprint density at radius 2 is 0.870 bits per heavy atom. The Morgan fingerprint density at radius 1 is 0.435 bits per heavy atom. The number of fused-ring (bicyclic) bond motifs is 5. The normalized spacial score (nSPS) is 18.7. The molecule has 8 rings (SSSR count). The average Bonchev–Trinajstić information content (AvgIpc) is 3.57. The monoisotopic (exact) mass is 598 g/mol. The topological polar surface area (TPSA) is 82.3 Å². The van der Waals surface area contributed by atoms with Gasteiger partial charge in [-0.2, -0.15) is 0 Å². The minimum Gasteiger partial charge on any atom is -0.369 e. The maximum Gasteiger partial charge on any atom is 0.255 e. The van der Waals surface area contributed by atoms with E-state index in [2.05, 4.69) is 81.9 Å². The van der Waals surface area contributed by atoms with Gasteiger partial charge in [0.15, 0.2) is 0 Å². The summed E-state index contributed by atoms with van der Waals surface area (Å²) in [7, 11) is 0. The summed E-state index contributed by atoms with van der Waals surface area (Å²) >= 11 is 0. The quantitative estimate of drug-likeness (QED) is 0.156. The van der Waals surface area contributed by atoms with Crippen LogP contribution in [0.4, 0.5) is 22.7 Å². The first-order valence-corrected chi connectivity index (χ1v) is 15.3. The van der Waals surface area contributed by atoms with Gasteiger partial charge in [-0.05, 0) is 65.7 Å². The second-order valence-electron chi connectivity index (χ2n) is 11.6. The highest BCUT2D eigenvalue weighted by atomic mass is 16.2. The molecule has 0 bridgehead atoms. The Bertz CT molecular complexity index is 2090. The first-order chi connectivity index (χ1) is 22.6. The Kier molecular flexibility index (Phi) is 6.43. The predicted molar refractivity (Wildman–Crippen MR) is 183 cm³/mol. The number of hydrogen-bond acceptors (Lipinski definition) is 4. The summed E-state index contributed by atoms with van der Waals surface area (Å²) in [4.78, 5) is 26.3. The molecule has 0 aromatic heterocycles. The fourth-order valence-electron chi connectivity index (χ4n) is 7.07. The highest BCUT2D eigenvalue weighted by Gasteiger charge is 2.65. The molecule has 2 amide bonds. The fraction of sp³-hybridized carbons (Fsp3) is 0.0500. The zero-order valence-electron chi connectivity index (χ0n) is 24.8. The standard InChI is InChI=1S/C40H30N4O2/c45-37(27-13-5-1-6-14-27)41-31-22-24-35-34(25-31)40(30-19-11-4-12-20-30)39(43-35,29-17-9-3-10-18-29)33-23-21-32(26-36(33)44-40)42-38(46)28-15-7-2-8-16-28/h1-26,43-44H,(H,41,45)(H,42,46)/t39-,40+/m0/s1. The van der Waals surface area contributed by atoms with Crippen molar-refractivity contribution in [1.29, 1.82) is 0 Å². The molecule has 0 unspecified atom stereocenters. The molecule has 2 atom stereocenters. The minimum absolute atomic E-state index is 0.170. The third-order valence-corrected chi connectivity index (χ3v) is 9.06. The molecular formula is C40H30N4O2. The van der Waals surface area contributed by atoms with Crippen LogP contribution in [0.1, 0.15) is 43.0 Å². The van der Waals surface area contributed by atoms with Crippen molar-refractivity contribution >= 4 is 34.6 Å². The van der Waals surface area contributed by atoms with Crippen molar-refractivity contribution in [2.45, 2.75) is 11.1 Å². The number of carbonyl (C=O) groups is 2. The number of nitrogens with one attached hydrogen (secondary N) is 4. The Balaban J connectivity index is 1.29. The van der Waals surface area contributed by atoms with Gasteiger partial charge < -0.3 is 21.3 Å². The van der Waals surface area contributed by atoms with Gasteiger partial charge in [-0.3, -0.25) is 9.59 Å². The number of hydrogen-bond donors (Lipinski definition) is 4. The maximum atomic E-state index is 13.2. The molecule has 0 saturated carbocycles. The average molecular weight is 599 g/mol. The summed E-state index contributed by atoms with van der Waals surface area (Å²) in [6, 6.07) is 51.4. The molecule has 6 heteroatoms. The van der Waals surface area contributed by atoms with Crippen molar-refractivity contribution < 1.29 is 9.59 Å². The molecular weight excluding hydrogens is 568 g/mol. The van der Waals surface area contributed by atoms with E-state index in [1.54, 1.807) is 24.3 Å². The molecule has 46 heavy (non-hydrogen) atoms. The van der Waals surface area contributed by atoms with Gasteiger partial charge in [0, 0.05) is 45.0 Å². The van der Waals surface area contributed by atoms with Crippen molar-refractivity contribution in [2.24, 2.45) is 0 Å². The van der Waals surface area contributed by atoms with Crippen LogP contribution in [0.25, 0.3) is 0 Å². The van der Waals surface area contributed by atoms with Crippen molar-refractivity contribution in [2.75, 3.05) is 21.3 Å². The van der Waals surface area contributed by atoms with E-state index >= 15 is 0 Å². The van der Waals surface area contributed by atoms with E-state index in [0.29, 0.717) is 22.5 Å². The number of benzene rings is 6. The summed E-state index contributed by atoms with van der Waals surface area (Å²) in [5.74, 6) is -0.340. The van der Waals surface area contributed by atoms with E-state index in [4.69, 9.17) is 0 Å². The molecule has 2 heterocycles. The molecule has 2 aliphatic heterocycles. The van der Waals surface area contributed by atoms with Crippen LogP contribution in [-0.4, -0.2) is 11.8 Å². The maximum absolute atomic E-state index is 13.2. The number of rotatable bonds is 6. The number of anilines is 4. The van der Waals surface area contributed by atoms with E-state index in [9.17, 15) is 9.59 Å². The fourth-order valence-corrected chi connectivity index (χ4v) is 7.07. The largest absolute Gasteiger partial charge is 0.369 e. The van der Waals surface area contributed by atoms with Gasteiger partial charge in [0.2, 0.25) is 0 Å². The Labute approximate surface area is 267 Å². The molecule has 0 aliphatic carbocycles. The van der Waals surface area contributed by atoms with Gasteiger partial charge in [-0.1, -0.05) is 103 Å².